The van der Waals surface area contributed by atoms with Gasteiger partial charge in [-0.2, -0.15) is 0 Å². The van der Waals surface area contributed by atoms with Gasteiger partial charge in [-0.3, -0.25) is 0 Å². The normalized spacial score (nSPS) is 13.6. The van der Waals surface area contributed by atoms with Crippen molar-refractivity contribution < 1.29 is 17.9 Å². The number of halogens is 2. The van der Waals surface area contributed by atoms with E-state index in [1.807, 2.05) is 0 Å². The van der Waals surface area contributed by atoms with Gasteiger partial charge in [-0.05, 0) is 41.4 Å². The van der Waals surface area contributed by atoms with E-state index in [0.717, 1.165) is 12.1 Å². The SMILES string of the molecule is CC(O)CCNS(=O)(=O)c1cc(N)c(F)cc1Br. The highest BCUT2D eigenvalue weighted by atomic mass is 79.9. The number of rotatable bonds is 5. The number of hydrogen-bond donors (Lipinski definition) is 3. The molecular weight excluding hydrogens is 327 g/mol. The molecule has 0 aliphatic carbocycles. The van der Waals surface area contributed by atoms with Gasteiger partial charge in [-0.1, -0.05) is 0 Å². The van der Waals surface area contributed by atoms with Crippen LogP contribution in [0.3, 0.4) is 0 Å². The molecule has 4 N–H and O–H groups in total. The van der Waals surface area contributed by atoms with Crippen LogP contribution < -0.4 is 10.5 Å². The molecule has 0 heterocycles. The fraction of sp³-hybridized carbons (Fsp3) is 0.400. The summed E-state index contributed by atoms with van der Waals surface area (Å²) in [6.07, 6.45) is -0.317. The quantitative estimate of drug-likeness (QED) is 0.702. The number of nitrogens with one attached hydrogen (secondary N) is 1. The predicted octanol–water partition coefficient (Wildman–Crippen LogP) is 1.22. The average molecular weight is 341 g/mol. The lowest BCUT2D eigenvalue weighted by atomic mass is 10.3. The minimum Gasteiger partial charge on any atom is -0.396 e. The molecule has 0 spiro atoms. The van der Waals surface area contributed by atoms with Crippen molar-refractivity contribution in [3.63, 3.8) is 0 Å². The summed E-state index contributed by atoms with van der Waals surface area (Å²) in [5, 5.41) is 9.04. The molecule has 0 saturated carbocycles. The molecule has 0 aliphatic heterocycles. The molecule has 0 radical (unpaired) electrons. The number of anilines is 1. The van der Waals surface area contributed by atoms with Crippen LogP contribution in [0, 0.1) is 5.82 Å². The second-order valence-electron chi connectivity index (χ2n) is 3.84. The topological polar surface area (TPSA) is 92.4 Å². The Bertz CT molecular complexity index is 534. The zero-order valence-electron chi connectivity index (χ0n) is 9.65. The number of benzene rings is 1. The Balaban J connectivity index is 2.95. The molecule has 102 valence electrons. The number of nitrogens with two attached hydrogens (primary N) is 1. The van der Waals surface area contributed by atoms with Crippen molar-refractivity contribution in [3.8, 4) is 0 Å². The Labute approximate surface area is 113 Å². The largest absolute Gasteiger partial charge is 0.396 e. The van der Waals surface area contributed by atoms with E-state index < -0.39 is 21.9 Å². The van der Waals surface area contributed by atoms with E-state index >= 15 is 0 Å². The third-order valence-corrected chi connectivity index (χ3v) is 4.61. The van der Waals surface area contributed by atoms with Crippen molar-refractivity contribution in [2.45, 2.75) is 24.3 Å². The summed E-state index contributed by atoms with van der Waals surface area (Å²) in [4.78, 5) is -0.132. The minimum absolute atomic E-state index is 0.0870. The van der Waals surface area contributed by atoms with Crippen LogP contribution in [-0.2, 0) is 10.0 Å². The smallest absolute Gasteiger partial charge is 0.241 e. The summed E-state index contributed by atoms with van der Waals surface area (Å²) >= 11 is 2.97. The first-order chi connectivity index (χ1) is 8.24. The first-order valence-electron chi connectivity index (χ1n) is 5.16. The van der Waals surface area contributed by atoms with Gasteiger partial charge in [0.25, 0.3) is 0 Å². The highest BCUT2D eigenvalue weighted by Gasteiger charge is 2.19. The molecule has 1 rings (SSSR count). The molecule has 5 nitrogen and oxygen atoms in total. The van der Waals surface area contributed by atoms with E-state index in [4.69, 9.17) is 10.8 Å². The lowest BCUT2D eigenvalue weighted by molar-refractivity contribution is 0.186. The summed E-state index contributed by atoms with van der Waals surface area (Å²) in [6, 6.07) is 2.04. The van der Waals surface area contributed by atoms with Gasteiger partial charge >= 0.3 is 0 Å². The van der Waals surface area contributed by atoms with Crippen LogP contribution in [0.2, 0.25) is 0 Å². The molecule has 1 unspecified atom stereocenters. The second kappa shape index (κ2) is 5.96. The monoisotopic (exact) mass is 340 g/mol. The van der Waals surface area contributed by atoms with E-state index in [0.29, 0.717) is 0 Å². The van der Waals surface area contributed by atoms with Gasteiger partial charge in [-0.25, -0.2) is 17.5 Å². The van der Waals surface area contributed by atoms with Crippen molar-refractivity contribution in [1.82, 2.24) is 4.72 Å². The maximum atomic E-state index is 13.1. The summed E-state index contributed by atoms with van der Waals surface area (Å²) in [7, 11) is -3.78. The molecule has 0 amide bonds. The van der Waals surface area contributed by atoms with Gasteiger partial charge in [0.05, 0.1) is 16.7 Å². The second-order valence-corrected chi connectivity index (χ2v) is 6.43. The molecule has 8 heteroatoms. The van der Waals surface area contributed by atoms with E-state index in [-0.39, 0.29) is 28.0 Å². The van der Waals surface area contributed by atoms with Crippen LogP contribution in [0.15, 0.2) is 21.5 Å². The molecule has 0 aliphatic rings. The number of nitrogen functional groups attached to an aromatic ring is 1. The van der Waals surface area contributed by atoms with Gasteiger partial charge in [0, 0.05) is 11.0 Å². The summed E-state index contributed by atoms with van der Waals surface area (Å²) in [5.41, 5.74) is 5.09. The van der Waals surface area contributed by atoms with E-state index in [1.54, 1.807) is 6.92 Å². The fourth-order valence-corrected chi connectivity index (χ4v) is 3.33. The highest BCUT2D eigenvalue weighted by molar-refractivity contribution is 9.10. The van der Waals surface area contributed by atoms with Crippen molar-refractivity contribution in [3.05, 3.63) is 22.4 Å². The number of hydrogen-bond acceptors (Lipinski definition) is 4. The van der Waals surface area contributed by atoms with Crippen LogP contribution in [-0.4, -0.2) is 26.2 Å². The standard InChI is InChI=1S/C10H14BrFN2O3S/c1-6(15)2-3-14-18(16,17)10-5-9(13)8(12)4-7(10)11/h4-6,14-15H,2-3,13H2,1H3. The zero-order chi connectivity index (χ0) is 13.9. The third kappa shape index (κ3) is 3.91. The molecule has 0 fully saturated rings. The first kappa shape index (κ1) is 15.4. The predicted molar refractivity (Wildman–Crippen MR) is 70.0 cm³/mol. The Hall–Kier alpha value is -0.700. The minimum atomic E-state index is -3.78. The van der Waals surface area contributed by atoms with Gasteiger partial charge in [-0.15, -0.1) is 0 Å². The lowest BCUT2D eigenvalue weighted by Crippen LogP contribution is -2.27. The average Bonchev–Trinajstić information content (AvgIpc) is 2.22. The van der Waals surface area contributed by atoms with Crippen molar-refractivity contribution in [2.75, 3.05) is 12.3 Å². The maximum absolute atomic E-state index is 13.1. The fourth-order valence-electron chi connectivity index (χ4n) is 1.23. The summed E-state index contributed by atoms with van der Waals surface area (Å²) in [5.74, 6) is -0.690. The van der Waals surface area contributed by atoms with Crippen molar-refractivity contribution in [2.24, 2.45) is 0 Å². The zero-order valence-corrected chi connectivity index (χ0v) is 12.1. The Morgan fingerprint density at radius 2 is 2.17 bits per heavy atom. The molecular formula is C10H14BrFN2O3S. The number of aliphatic hydroxyl groups excluding tert-OH is 1. The Kier molecular flexibility index (Phi) is 5.09. The molecule has 0 aromatic heterocycles. The van der Waals surface area contributed by atoms with Gasteiger partial charge in [0.2, 0.25) is 10.0 Å². The van der Waals surface area contributed by atoms with Crippen LogP contribution in [0.1, 0.15) is 13.3 Å². The van der Waals surface area contributed by atoms with E-state index in [2.05, 4.69) is 20.7 Å². The summed E-state index contributed by atoms with van der Waals surface area (Å²) in [6.45, 7) is 1.64. The van der Waals surface area contributed by atoms with Crippen LogP contribution >= 0.6 is 15.9 Å². The Morgan fingerprint density at radius 1 is 1.56 bits per heavy atom. The highest BCUT2D eigenvalue weighted by Crippen LogP contribution is 2.26. The van der Waals surface area contributed by atoms with Gasteiger partial charge in [0.15, 0.2) is 0 Å². The van der Waals surface area contributed by atoms with Crippen molar-refractivity contribution in [1.29, 1.82) is 0 Å². The van der Waals surface area contributed by atoms with E-state index in [1.165, 1.54) is 0 Å². The van der Waals surface area contributed by atoms with Gasteiger partial charge in [0.1, 0.15) is 5.82 Å². The van der Waals surface area contributed by atoms with E-state index in [9.17, 15) is 12.8 Å². The first-order valence-corrected chi connectivity index (χ1v) is 7.44. The molecule has 1 aromatic rings. The maximum Gasteiger partial charge on any atom is 0.241 e. The number of aliphatic hydroxyl groups is 1. The molecule has 18 heavy (non-hydrogen) atoms. The van der Waals surface area contributed by atoms with Crippen LogP contribution in [0.5, 0.6) is 0 Å². The Morgan fingerprint density at radius 3 is 2.72 bits per heavy atom. The van der Waals surface area contributed by atoms with Crippen LogP contribution in [0.4, 0.5) is 10.1 Å². The lowest BCUT2D eigenvalue weighted by Gasteiger charge is -2.10. The van der Waals surface area contributed by atoms with Gasteiger partial charge < -0.3 is 10.8 Å². The molecule has 1 aromatic carbocycles. The molecule has 0 saturated heterocycles. The molecule has 1 atom stereocenters. The number of sulfonamides is 1. The summed E-state index contributed by atoms with van der Waals surface area (Å²) < 4.78 is 39.3. The molecule has 0 bridgehead atoms. The van der Waals surface area contributed by atoms with Crippen molar-refractivity contribution >= 4 is 31.6 Å². The van der Waals surface area contributed by atoms with Crippen LogP contribution in [0.25, 0.3) is 0 Å². The third-order valence-electron chi connectivity index (χ3n) is 2.19.